The molecule has 3 heteroatoms. The zero-order valence-electron chi connectivity index (χ0n) is 5.18. The highest BCUT2D eigenvalue weighted by Gasteiger charge is 2.07. The molecule has 0 aromatic rings. The first-order chi connectivity index (χ1) is 3.93. The van der Waals surface area contributed by atoms with Gasteiger partial charge in [-0.2, -0.15) is 0 Å². The van der Waals surface area contributed by atoms with E-state index in [1.54, 1.807) is 7.11 Å². The smallest absolute Gasteiger partial charge is 0.111 e. The van der Waals surface area contributed by atoms with Crippen LogP contribution < -0.4 is 5.43 Å². The minimum atomic E-state index is 0.708. The number of nitrogens with zero attached hydrogens (tertiary/aromatic N) is 1. The summed E-state index contributed by atoms with van der Waals surface area (Å²) >= 11 is 0. The molecule has 1 heterocycles. The van der Waals surface area contributed by atoms with Crippen molar-refractivity contribution in [3.63, 3.8) is 0 Å². The lowest BCUT2D eigenvalue weighted by Gasteiger charge is -2.11. The van der Waals surface area contributed by atoms with Gasteiger partial charge >= 0.3 is 0 Å². The van der Waals surface area contributed by atoms with E-state index < -0.39 is 0 Å². The fourth-order valence-corrected chi connectivity index (χ4v) is 0.852. The molecule has 0 amide bonds. The number of hydrogen-bond donors (Lipinski definition) is 1. The number of ether oxygens (including phenoxy) is 1. The fourth-order valence-electron chi connectivity index (χ4n) is 0.852. The molecule has 0 atom stereocenters. The lowest BCUT2D eigenvalue weighted by molar-refractivity contribution is 0.0506. The predicted octanol–water partition coefficient (Wildman–Crippen LogP) is -0.199. The number of hydrogen-bond acceptors (Lipinski definition) is 3. The summed E-state index contributed by atoms with van der Waals surface area (Å²) in [6.07, 6.45) is 1.24. The third-order valence-electron chi connectivity index (χ3n) is 1.23. The van der Waals surface area contributed by atoms with Gasteiger partial charge in [-0.15, -0.1) is 0 Å². The highest BCUT2D eigenvalue weighted by atomic mass is 16.5. The summed E-state index contributed by atoms with van der Waals surface area (Å²) in [7, 11) is 1.71. The van der Waals surface area contributed by atoms with Crippen molar-refractivity contribution >= 4 is 0 Å². The van der Waals surface area contributed by atoms with Crippen LogP contribution in [0, 0.1) is 0 Å². The molecule has 1 rings (SSSR count). The highest BCUT2D eigenvalue weighted by Crippen LogP contribution is 1.93. The lowest BCUT2D eigenvalue weighted by atomic mass is 10.5. The van der Waals surface area contributed by atoms with Crippen molar-refractivity contribution in [2.75, 3.05) is 26.9 Å². The van der Waals surface area contributed by atoms with Crippen molar-refractivity contribution in [1.82, 2.24) is 10.4 Å². The molecule has 8 heavy (non-hydrogen) atoms. The molecule has 1 N–H and O–H groups in total. The summed E-state index contributed by atoms with van der Waals surface area (Å²) < 4.78 is 4.89. The summed E-state index contributed by atoms with van der Waals surface area (Å²) in [6.45, 7) is 2.93. The molecule has 1 aliphatic heterocycles. The third kappa shape index (κ3) is 1.43. The van der Waals surface area contributed by atoms with Crippen LogP contribution >= 0.6 is 0 Å². The number of methoxy groups -OCH3 is 1. The zero-order valence-corrected chi connectivity index (χ0v) is 5.18. The summed E-state index contributed by atoms with van der Waals surface area (Å²) in [4.78, 5) is 0. The average Bonchev–Trinajstić information content (AvgIpc) is 2.19. The molecular formula is C5H12N2O. The van der Waals surface area contributed by atoms with Gasteiger partial charge in [0.05, 0.1) is 0 Å². The quantitative estimate of drug-likeness (QED) is 0.540. The minimum absolute atomic E-state index is 0.708. The molecule has 0 saturated carbocycles. The van der Waals surface area contributed by atoms with Crippen LogP contribution in [0.4, 0.5) is 0 Å². The van der Waals surface area contributed by atoms with Gasteiger partial charge in [-0.25, -0.2) is 5.01 Å². The number of nitrogens with one attached hydrogen (secondary N) is 1. The Morgan fingerprint density at radius 1 is 1.75 bits per heavy atom. The zero-order chi connectivity index (χ0) is 5.82. The van der Waals surface area contributed by atoms with Crippen molar-refractivity contribution in [2.24, 2.45) is 0 Å². The molecule has 1 fully saturated rings. The van der Waals surface area contributed by atoms with Crippen LogP contribution in [0.25, 0.3) is 0 Å². The Bertz CT molecular complexity index is 61.4. The Balaban J connectivity index is 2.06. The topological polar surface area (TPSA) is 24.5 Å². The minimum Gasteiger partial charge on any atom is -0.368 e. The monoisotopic (exact) mass is 116 g/mol. The molecular weight excluding hydrogens is 104 g/mol. The Kier molecular flexibility index (Phi) is 2.27. The number of hydrazine groups is 1. The summed E-state index contributed by atoms with van der Waals surface area (Å²) in [5.74, 6) is 0. The van der Waals surface area contributed by atoms with E-state index in [1.165, 1.54) is 6.42 Å². The van der Waals surface area contributed by atoms with E-state index >= 15 is 0 Å². The van der Waals surface area contributed by atoms with Gasteiger partial charge in [-0.05, 0) is 6.42 Å². The van der Waals surface area contributed by atoms with Crippen LogP contribution in [0.5, 0.6) is 0 Å². The van der Waals surface area contributed by atoms with E-state index in [9.17, 15) is 0 Å². The fraction of sp³-hybridized carbons (Fsp3) is 1.00. The van der Waals surface area contributed by atoms with Crippen LogP contribution in [-0.2, 0) is 4.74 Å². The Morgan fingerprint density at radius 3 is 3.12 bits per heavy atom. The average molecular weight is 116 g/mol. The second-order valence-electron chi connectivity index (χ2n) is 1.94. The van der Waals surface area contributed by atoms with E-state index in [4.69, 9.17) is 4.74 Å². The molecule has 0 bridgehead atoms. The summed E-state index contributed by atoms with van der Waals surface area (Å²) in [5.41, 5.74) is 3.17. The first-order valence-electron chi connectivity index (χ1n) is 2.91. The second-order valence-corrected chi connectivity index (χ2v) is 1.94. The maximum atomic E-state index is 4.89. The molecule has 1 saturated heterocycles. The highest BCUT2D eigenvalue weighted by molar-refractivity contribution is 4.56. The first kappa shape index (κ1) is 6.01. The van der Waals surface area contributed by atoms with Crippen LogP contribution in [0.3, 0.4) is 0 Å². The predicted molar refractivity (Wildman–Crippen MR) is 31.2 cm³/mol. The van der Waals surface area contributed by atoms with Crippen molar-refractivity contribution in [3.05, 3.63) is 0 Å². The molecule has 0 radical (unpaired) electrons. The van der Waals surface area contributed by atoms with Gasteiger partial charge in [-0.1, -0.05) is 0 Å². The van der Waals surface area contributed by atoms with Gasteiger partial charge in [-0.3, -0.25) is 5.43 Å². The molecule has 0 aromatic heterocycles. The van der Waals surface area contributed by atoms with Gasteiger partial charge in [0.2, 0.25) is 0 Å². The van der Waals surface area contributed by atoms with E-state index in [0.717, 1.165) is 13.1 Å². The third-order valence-corrected chi connectivity index (χ3v) is 1.23. The van der Waals surface area contributed by atoms with Crippen molar-refractivity contribution in [1.29, 1.82) is 0 Å². The largest absolute Gasteiger partial charge is 0.368 e. The van der Waals surface area contributed by atoms with Crippen LogP contribution in [0.1, 0.15) is 6.42 Å². The van der Waals surface area contributed by atoms with Crippen LogP contribution in [-0.4, -0.2) is 31.9 Å². The molecule has 0 aromatic carbocycles. The van der Waals surface area contributed by atoms with Crippen molar-refractivity contribution < 1.29 is 4.74 Å². The van der Waals surface area contributed by atoms with E-state index in [2.05, 4.69) is 10.4 Å². The SMILES string of the molecule is COCN1CCCN1. The van der Waals surface area contributed by atoms with Crippen molar-refractivity contribution in [3.8, 4) is 0 Å². The maximum Gasteiger partial charge on any atom is 0.111 e. The van der Waals surface area contributed by atoms with Gasteiger partial charge < -0.3 is 4.74 Å². The van der Waals surface area contributed by atoms with E-state index in [1.807, 2.05) is 0 Å². The normalized spacial score (nSPS) is 22.1. The Hall–Kier alpha value is -0.120. The van der Waals surface area contributed by atoms with Gasteiger partial charge in [0.15, 0.2) is 0 Å². The van der Waals surface area contributed by atoms with Crippen molar-refractivity contribution in [2.45, 2.75) is 6.42 Å². The van der Waals surface area contributed by atoms with Gasteiger partial charge in [0, 0.05) is 20.2 Å². The molecule has 0 unspecified atom stereocenters. The van der Waals surface area contributed by atoms with Gasteiger partial charge in [0.25, 0.3) is 0 Å². The Morgan fingerprint density at radius 2 is 2.62 bits per heavy atom. The Labute approximate surface area is 49.6 Å². The van der Waals surface area contributed by atoms with Crippen LogP contribution in [0.2, 0.25) is 0 Å². The molecule has 1 aliphatic rings. The maximum absolute atomic E-state index is 4.89. The van der Waals surface area contributed by atoms with Gasteiger partial charge in [0.1, 0.15) is 6.73 Å². The van der Waals surface area contributed by atoms with Crippen LogP contribution in [0.15, 0.2) is 0 Å². The summed E-state index contributed by atoms with van der Waals surface area (Å²) in [5, 5.41) is 2.07. The molecule has 0 spiro atoms. The second kappa shape index (κ2) is 3.02. The first-order valence-corrected chi connectivity index (χ1v) is 2.91. The lowest BCUT2D eigenvalue weighted by Crippen LogP contribution is -2.32. The standard InChI is InChI=1S/C5H12N2O/c1-8-5-7-4-2-3-6-7/h6H,2-5H2,1H3. The summed E-state index contributed by atoms with van der Waals surface area (Å²) in [6, 6.07) is 0. The van der Waals surface area contributed by atoms with E-state index in [-0.39, 0.29) is 0 Å². The molecule has 48 valence electrons. The number of rotatable bonds is 2. The molecule has 3 nitrogen and oxygen atoms in total. The van der Waals surface area contributed by atoms with E-state index in [0.29, 0.717) is 6.73 Å². The molecule has 0 aliphatic carbocycles.